The zero-order valence-electron chi connectivity index (χ0n) is 8.59. The van der Waals surface area contributed by atoms with Crippen molar-refractivity contribution in [2.45, 2.75) is 13.0 Å². The first-order valence-electron chi connectivity index (χ1n) is 5.13. The third-order valence-corrected chi connectivity index (χ3v) is 3.30. The standard InChI is InChI=1S/C12H12ClNO/c1-14-6-5-11-9(7-14)8-3-2-4-10(13)12(8)15-11/h2-4H,5-7H2,1H3. The number of para-hydroxylation sites is 1. The van der Waals surface area contributed by atoms with Crippen LogP contribution in [-0.4, -0.2) is 18.5 Å². The van der Waals surface area contributed by atoms with Crippen LogP contribution in [0.25, 0.3) is 11.0 Å². The molecule has 1 aromatic carbocycles. The largest absolute Gasteiger partial charge is 0.459 e. The highest BCUT2D eigenvalue weighted by Gasteiger charge is 2.21. The van der Waals surface area contributed by atoms with Gasteiger partial charge in [-0.1, -0.05) is 23.7 Å². The van der Waals surface area contributed by atoms with Gasteiger partial charge in [-0.05, 0) is 13.1 Å². The van der Waals surface area contributed by atoms with Gasteiger partial charge < -0.3 is 9.32 Å². The topological polar surface area (TPSA) is 16.4 Å². The minimum Gasteiger partial charge on any atom is -0.459 e. The van der Waals surface area contributed by atoms with Crippen molar-refractivity contribution < 1.29 is 4.42 Å². The first-order valence-corrected chi connectivity index (χ1v) is 5.51. The van der Waals surface area contributed by atoms with Crippen LogP contribution in [0, 0.1) is 0 Å². The SMILES string of the molecule is CN1CCc2oc3c(Cl)cccc3c2C1. The Kier molecular flexibility index (Phi) is 2.01. The maximum absolute atomic E-state index is 6.11. The molecule has 0 atom stereocenters. The number of likely N-dealkylation sites (N-methyl/N-ethyl adjacent to an activating group) is 1. The van der Waals surface area contributed by atoms with E-state index in [0.29, 0.717) is 5.02 Å². The van der Waals surface area contributed by atoms with E-state index in [1.165, 1.54) is 10.9 Å². The van der Waals surface area contributed by atoms with Gasteiger partial charge >= 0.3 is 0 Å². The average Bonchev–Trinajstić information content (AvgIpc) is 2.58. The van der Waals surface area contributed by atoms with Crippen LogP contribution in [-0.2, 0) is 13.0 Å². The minimum atomic E-state index is 0.713. The van der Waals surface area contributed by atoms with Gasteiger partial charge in [0.05, 0.1) is 5.02 Å². The second-order valence-corrected chi connectivity index (χ2v) is 4.52. The van der Waals surface area contributed by atoms with Crippen LogP contribution in [0.3, 0.4) is 0 Å². The molecule has 2 heterocycles. The number of benzene rings is 1. The molecule has 0 N–H and O–H groups in total. The van der Waals surface area contributed by atoms with Crippen molar-refractivity contribution in [1.29, 1.82) is 0 Å². The lowest BCUT2D eigenvalue weighted by Crippen LogP contribution is -2.25. The highest BCUT2D eigenvalue weighted by atomic mass is 35.5. The molecule has 3 heteroatoms. The monoisotopic (exact) mass is 221 g/mol. The summed E-state index contributed by atoms with van der Waals surface area (Å²) in [6.07, 6.45) is 0.983. The Balaban J connectivity index is 2.29. The summed E-state index contributed by atoms with van der Waals surface area (Å²) >= 11 is 6.11. The molecule has 0 radical (unpaired) electrons. The van der Waals surface area contributed by atoms with Crippen LogP contribution in [0.1, 0.15) is 11.3 Å². The summed E-state index contributed by atoms with van der Waals surface area (Å²) in [5.74, 6) is 1.11. The van der Waals surface area contributed by atoms with Crippen LogP contribution in [0.4, 0.5) is 0 Å². The number of hydrogen-bond acceptors (Lipinski definition) is 2. The lowest BCUT2D eigenvalue weighted by molar-refractivity contribution is 0.296. The number of nitrogens with zero attached hydrogens (tertiary/aromatic N) is 1. The van der Waals surface area contributed by atoms with Crippen LogP contribution >= 0.6 is 11.6 Å². The van der Waals surface area contributed by atoms with E-state index >= 15 is 0 Å². The minimum absolute atomic E-state index is 0.713. The van der Waals surface area contributed by atoms with Crippen LogP contribution in [0.15, 0.2) is 22.6 Å². The summed E-state index contributed by atoms with van der Waals surface area (Å²) in [7, 11) is 2.13. The molecule has 1 aliphatic heterocycles. The van der Waals surface area contributed by atoms with E-state index in [9.17, 15) is 0 Å². The molecular formula is C12H12ClNO. The number of halogens is 1. The van der Waals surface area contributed by atoms with Crippen molar-refractivity contribution in [3.63, 3.8) is 0 Å². The van der Waals surface area contributed by atoms with Crippen molar-refractivity contribution >= 4 is 22.6 Å². The molecule has 0 bridgehead atoms. The Morgan fingerprint density at radius 2 is 2.27 bits per heavy atom. The van der Waals surface area contributed by atoms with Crippen molar-refractivity contribution in [3.05, 3.63) is 34.5 Å². The predicted octanol–water partition coefficient (Wildman–Crippen LogP) is 3.07. The first kappa shape index (κ1) is 9.25. The maximum atomic E-state index is 6.11. The van der Waals surface area contributed by atoms with Gasteiger partial charge in [-0.25, -0.2) is 0 Å². The third kappa shape index (κ3) is 1.36. The molecule has 0 spiro atoms. The van der Waals surface area contributed by atoms with Gasteiger partial charge in [-0.3, -0.25) is 0 Å². The summed E-state index contributed by atoms with van der Waals surface area (Å²) in [4.78, 5) is 2.30. The average molecular weight is 222 g/mol. The van der Waals surface area contributed by atoms with E-state index in [-0.39, 0.29) is 0 Å². The summed E-state index contributed by atoms with van der Waals surface area (Å²) in [5, 5.41) is 1.88. The molecule has 0 fully saturated rings. The van der Waals surface area contributed by atoms with E-state index < -0.39 is 0 Å². The quantitative estimate of drug-likeness (QED) is 0.680. The molecule has 2 nitrogen and oxygen atoms in total. The van der Waals surface area contributed by atoms with Crippen LogP contribution in [0.5, 0.6) is 0 Å². The molecular weight excluding hydrogens is 210 g/mol. The van der Waals surface area contributed by atoms with E-state index in [1.54, 1.807) is 0 Å². The molecule has 3 rings (SSSR count). The Bertz CT molecular complexity index is 518. The van der Waals surface area contributed by atoms with Gasteiger partial charge in [-0.15, -0.1) is 0 Å². The van der Waals surface area contributed by atoms with Crippen molar-refractivity contribution in [2.75, 3.05) is 13.6 Å². The Hall–Kier alpha value is -0.990. The number of fused-ring (bicyclic) bond motifs is 3. The van der Waals surface area contributed by atoms with Crippen molar-refractivity contribution in [2.24, 2.45) is 0 Å². The van der Waals surface area contributed by atoms with Crippen LogP contribution < -0.4 is 0 Å². The molecule has 15 heavy (non-hydrogen) atoms. The second kappa shape index (κ2) is 3.26. The van der Waals surface area contributed by atoms with E-state index in [4.69, 9.17) is 16.0 Å². The number of furan rings is 1. The normalized spacial score (nSPS) is 16.9. The molecule has 0 saturated carbocycles. The molecule has 0 aliphatic carbocycles. The smallest absolute Gasteiger partial charge is 0.153 e. The van der Waals surface area contributed by atoms with Gasteiger partial charge in [0.1, 0.15) is 5.76 Å². The second-order valence-electron chi connectivity index (χ2n) is 4.11. The highest BCUT2D eigenvalue weighted by molar-refractivity contribution is 6.34. The van der Waals surface area contributed by atoms with E-state index in [1.807, 2.05) is 12.1 Å². The summed E-state index contributed by atoms with van der Waals surface area (Å²) in [6.45, 7) is 2.02. The van der Waals surface area contributed by atoms with Gasteiger partial charge in [-0.2, -0.15) is 0 Å². The van der Waals surface area contributed by atoms with Crippen molar-refractivity contribution in [3.8, 4) is 0 Å². The fourth-order valence-corrected chi connectivity index (χ4v) is 2.41. The molecule has 1 aliphatic rings. The van der Waals surface area contributed by atoms with E-state index in [0.717, 1.165) is 30.9 Å². The third-order valence-electron chi connectivity index (χ3n) is 3.00. The number of rotatable bonds is 0. The Morgan fingerprint density at radius 1 is 1.40 bits per heavy atom. The van der Waals surface area contributed by atoms with Gasteiger partial charge in [0.15, 0.2) is 5.58 Å². The van der Waals surface area contributed by atoms with E-state index in [2.05, 4.69) is 18.0 Å². The molecule has 0 amide bonds. The molecule has 2 aromatic rings. The van der Waals surface area contributed by atoms with Gasteiger partial charge in [0.25, 0.3) is 0 Å². The first-order chi connectivity index (χ1) is 7.25. The number of hydrogen-bond donors (Lipinski definition) is 0. The molecule has 1 aromatic heterocycles. The molecule has 0 saturated heterocycles. The summed E-state index contributed by atoms with van der Waals surface area (Å²) in [6, 6.07) is 5.94. The lowest BCUT2D eigenvalue weighted by Gasteiger charge is -2.21. The summed E-state index contributed by atoms with van der Waals surface area (Å²) in [5.41, 5.74) is 2.15. The van der Waals surface area contributed by atoms with Gasteiger partial charge in [0, 0.05) is 30.5 Å². The zero-order valence-corrected chi connectivity index (χ0v) is 9.34. The highest BCUT2D eigenvalue weighted by Crippen LogP contribution is 2.33. The maximum Gasteiger partial charge on any atom is 0.153 e. The molecule has 0 unspecified atom stereocenters. The molecule has 78 valence electrons. The lowest BCUT2D eigenvalue weighted by atomic mass is 10.1. The summed E-state index contributed by atoms with van der Waals surface area (Å²) < 4.78 is 5.81. The Morgan fingerprint density at radius 3 is 3.13 bits per heavy atom. The Labute approximate surface area is 93.4 Å². The van der Waals surface area contributed by atoms with Crippen LogP contribution in [0.2, 0.25) is 5.02 Å². The van der Waals surface area contributed by atoms with Gasteiger partial charge in [0.2, 0.25) is 0 Å². The zero-order chi connectivity index (χ0) is 10.4. The fourth-order valence-electron chi connectivity index (χ4n) is 2.20. The van der Waals surface area contributed by atoms with Crippen molar-refractivity contribution in [1.82, 2.24) is 4.90 Å². The predicted molar refractivity (Wildman–Crippen MR) is 61.3 cm³/mol. The fraction of sp³-hybridized carbons (Fsp3) is 0.333.